The first kappa shape index (κ1) is 14.8. The fraction of sp³-hybridized carbons (Fsp3) is 0.500. The first-order valence-electron chi connectivity index (χ1n) is 7.69. The van der Waals surface area contributed by atoms with Crippen molar-refractivity contribution in [3.63, 3.8) is 0 Å². The van der Waals surface area contributed by atoms with E-state index in [2.05, 4.69) is 10.6 Å². The zero-order valence-corrected chi connectivity index (χ0v) is 12.7. The quantitative estimate of drug-likeness (QED) is 0.832. The number of benzene rings is 1. The second-order valence-electron chi connectivity index (χ2n) is 5.80. The summed E-state index contributed by atoms with van der Waals surface area (Å²) in [5, 5.41) is 6.10. The fourth-order valence-corrected chi connectivity index (χ4v) is 2.64. The van der Waals surface area contributed by atoms with Crippen LogP contribution in [0.5, 0.6) is 5.75 Å². The van der Waals surface area contributed by atoms with Crippen LogP contribution in [-0.4, -0.2) is 44.1 Å². The van der Waals surface area contributed by atoms with E-state index >= 15 is 0 Å². The Bertz CT molecular complexity index is 572. The van der Waals surface area contributed by atoms with E-state index in [1.165, 1.54) is 0 Å². The molecular formula is C16H21N3O3. The van der Waals surface area contributed by atoms with Crippen molar-refractivity contribution in [1.82, 2.24) is 10.6 Å². The average molecular weight is 303 g/mol. The number of nitrogens with zero attached hydrogens (tertiary/aromatic N) is 1. The van der Waals surface area contributed by atoms with Crippen molar-refractivity contribution >= 4 is 17.5 Å². The van der Waals surface area contributed by atoms with Crippen LogP contribution < -0.4 is 20.3 Å². The molecular weight excluding hydrogens is 282 g/mol. The molecule has 22 heavy (non-hydrogen) atoms. The Kier molecular flexibility index (Phi) is 4.29. The highest BCUT2D eigenvalue weighted by Gasteiger charge is 2.31. The average Bonchev–Trinajstić information content (AvgIpc) is 2.46. The lowest BCUT2D eigenvalue weighted by molar-refractivity contribution is -0.125. The fourth-order valence-electron chi connectivity index (χ4n) is 2.64. The topological polar surface area (TPSA) is 70.7 Å². The summed E-state index contributed by atoms with van der Waals surface area (Å²) in [4.78, 5) is 25.9. The number of carbonyl (C=O) groups excluding carboxylic acids is 2. The third-order valence-electron chi connectivity index (χ3n) is 4.09. The Hall–Kier alpha value is -2.08. The van der Waals surface area contributed by atoms with E-state index in [1.54, 1.807) is 11.8 Å². The normalized spacial score (nSPS) is 20.9. The molecule has 2 aliphatic rings. The third-order valence-corrected chi connectivity index (χ3v) is 4.09. The maximum Gasteiger partial charge on any atom is 0.267 e. The van der Waals surface area contributed by atoms with E-state index in [1.807, 2.05) is 24.3 Å². The number of rotatable bonds is 5. The molecule has 0 radical (unpaired) electrons. The van der Waals surface area contributed by atoms with Gasteiger partial charge in [0, 0.05) is 38.5 Å². The van der Waals surface area contributed by atoms with E-state index < -0.39 is 6.10 Å². The predicted molar refractivity (Wildman–Crippen MR) is 82.9 cm³/mol. The van der Waals surface area contributed by atoms with Gasteiger partial charge in [-0.25, -0.2) is 0 Å². The van der Waals surface area contributed by atoms with Crippen LogP contribution in [0.2, 0.25) is 0 Å². The minimum absolute atomic E-state index is 0.0173. The molecule has 1 fully saturated rings. The largest absolute Gasteiger partial charge is 0.479 e. The van der Waals surface area contributed by atoms with Crippen molar-refractivity contribution in [3.05, 3.63) is 24.3 Å². The summed E-state index contributed by atoms with van der Waals surface area (Å²) < 4.78 is 5.58. The number of carbonyl (C=O) groups is 2. The van der Waals surface area contributed by atoms with Crippen LogP contribution in [0.25, 0.3) is 0 Å². The molecule has 2 aliphatic heterocycles. The molecule has 6 nitrogen and oxygen atoms in total. The van der Waals surface area contributed by atoms with Crippen molar-refractivity contribution in [1.29, 1.82) is 0 Å². The van der Waals surface area contributed by atoms with E-state index in [-0.39, 0.29) is 11.8 Å². The standard InChI is InChI=1S/C16H21N3O3/c1-11-16(21)19(13-4-2-3-5-14(13)22-11)7-6-15(20)18-10-12-8-17-9-12/h2-5,11-12,17H,6-10H2,1H3,(H,18,20). The van der Waals surface area contributed by atoms with Crippen LogP contribution in [0.15, 0.2) is 24.3 Å². The molecule has 0 saturated carbocycles. The first-order valence-corrected chi connectivity index (χ1v) is 7.69. The number of amides is 2. The van der Waals surface area contributed by atoms with Crippen molar-refractivity contribution < 1.29 is 14.3 Å². The molecule has 1 saturated heterocycles. The molecule has 3 rings (SSSR count). The van der Waals surface area contributed by atoms with Gasteiger partial charge in [-0.15, -0.1) is 0 Å². The molecule has 0 aliphatic carbocycles. The monoisotopic (exact) mass is 303 g/mol. The zero-order chi connectivity index (χ0) is 15.5. The number of para-hydroxylation sites is 2. The number of fused-ring (bicyclic) bond motifs is 1. The van der Waals surface area contributed by atoms with Crippen molar-refractivity contribution in [2.24, 2.45) is 5.92 Å². The molecule has 0 bridgehead atoms. The van der Waals surface area contributed by atoms with E-state index in [0.717, 1.165) is 18.8 Å². The van der Waals surface area contributed by atoms with Crippen LogP contribution in [0, 0.1) is 5.92 Å². The minimum atomic E-state index is -0.515. The van der Waals surface area contributed by atoms with E-state index in [0.29, 0.717) is 31.2 Å². The number of anilines is 1. The summed E-state index contributed by atoms with van der Waals surface area (Å²) in [6.07, 6.45) is -0.216. The Morgan fingerprint density at radius 3 is 2.91 bits per heavy atom. The molecule has 1 unspecified atom stereocenters. The second-order valence-corrected chi connectivity index (χ2v) is 5.80. The Labute approximate surface area is 129 Å². The molecule has 1 aromatic rings. The summed E-state index contributed by atoms with van der Waals surface area (Å²) in [5.41, 5.74) is 0.738. The maximum atomic E-state index is 12.3. The third kappa shape index (κ3) is 3.06. The minimum Gasteiger partial charge on any atom is -0.479 e. The van der Waals surface area contributed by atoms with Crippen LogP contribution in [0.4, 0.5) is 5.69 Å². The lowest BCUT2D eigenvalue weighted by Gasteiger charge is -2.33. The van der Waals surface area contributed by atoms with Gasteiger partial charge >= 0.3 is 0 Å². The van der Waals surface area contributed by atoms with Crippen LogP contribution >= 0.6 is 0 Å². The number of hydrogen-bond acceptors (Lipinski definition) is 4. The Morgan fingerprint density at radius 2 is 2.18 bits per heavy atom. The highest BCUT2D eigenvalue weighted by atomic mass is 16.5. The van der Waals surface area contributed by atoms with Gasteiger partial charge in [0.15, 0.2) is 6.10 Å². The molecule has 6 heteroatoms. The molecule has 2 amide bonds. The Morgan fingerprint density at radius 1 is 1.41 bits per heavy atom. The van der Waals surface area contributed by atoms with Gasteiger partial charge in [-0.1, -0.05) is 12.1 Å². The Balaban J connectivity index is 1.58. The molecule has 0 aromatic heterocycles. The summed E-state index contributed by atoms with van der Waals surface area (Å²) in [6.45, 7) is 4.74. The highest BCUT2D eigenvalue weighted by molar-refractivity contribution is 6.00. The summed E-state index contributed by atoms with van der Waals surface area (Å²) >= 11 is 0. The van der Waals surface area contributed by atoms with Crippen molar-refractivity contribution in [2.75, 3.05) is 31.1 Å². The van der Waals surface area contributed by atoms with E-state index in [9.17, 15) is 9.59 Å². The van der Waals surface area contributed by atoms with Crippen LogP contribution in [-0.2, 0) is 9.59 Å². The van der Waals surface area contributed by atoms with Gasteiger partial charge in [-0.05, 0) is 19.1 Å². The molecule has 1 atom stereocenters. The van der Waals surface area contributed by atoms with Gasteiger partial charge in [0.05, 0.1) is 5.69 Å². The van der Waals surface area contributed by atoms with Gasteiger partial charge in [0.25, 0.3) is 5.91 Å². The predicted octanol–water partition coefficient (Wildman–Crippen LogP) is 0.526. The molecule has 0 spiro atoms. The number of hydrogen-bond donors (Lipinski definition) is 2. The van der Waals surface area contributed by atoms with Crippen LogP contribution in [0.3, 0.4) is 0 Å². The van der Waals surface area contributed by atoms with Crippen LogP contribution in [0.1, 0.15) is 13.3 Å². The van der Waals surface area contributed by atoms with Crippen molar-refractivity contribution in [3.8, 4) is 5.75 Å². The molecule has 2 N–H and O–H groups in total. The smallest absolute Gasteiger partial charge is 0.267 e. The van der Waals surface area contributed by atoms with Gasteiger partial charge in [0.2, 0.25) is 5.91 Å². The highest BCUT2D eigenvalue weighted by Crippen LogP contribution is 2.33. The van der Waals surface area contributed by atoms with Crippen molar-refractivity contribution in [2.45, 2.75) is 19.4 Å². The molecule has 2 heterocycles. The lowest BCUT2D eigenvalue weighted by Crippen LogP contribution is -2.49. The summed E-state index contributed by atoms with van der Waals surface area (Å²) in [5.74, 6) is 1.11. The summed E-state index contributed by atoms with van der Waals surface area (Å²) in [7, 11) is 0. The first-order chi connectivity index (χ1) is 10.6. The lowest BCUT2D eigenvalue weighted by atomic mass is 10.0. The zero-order valence-electron chi connectivity index (χ0n) is 12.7. The van der Waals surface area contributed by atoms with Gasteiger partial charge in [0.1, 0.15) is 5.75 Å². The van der Waals surface area contributed by atoms with Gasteiger partial charge < -0.3 is 20.3 Å². The molecule has 118 valence electrons. The SMILES string of the molecule is CC1Oc2ccccc2N(CCC(=O)NCC2CNC2)C1=O. The number of nitrogens with one attached hydrogen (secondary N) is 2. The maximum absolute atomic E-state index is 12.3. The molecule has 1 aromatic carbocycles. The van der Waals surface area contributed by atoms with E-state index in [4.69, 9.17) is 4.74 Å². The van der Waals surface area contributed by atoms with Gasteiger partial charge in [-0.3, -0.25) is 9.59 Å². The second kappa shape index (κ2) is 6.36. The summed E-state index contributed by atoms with van der Waals surface area (Å²) in [6, 6.07) is 7.42. The number of ether oxygens (including phenoxy) is 1. The van der Waals surface area contributed by atoms with Gasteiger partial charge in [-0.2, -0.15) is 0 Å².